The third kappa shape index (κ3) is 4.96. The number of likely N-dealkylation sites (N-methyl/N-ethyl adjacent to an activating group) is 1. The van der Waals surface area contributed by atoms with E-state index >= 15 is 0 Å². The molecule has 104 valence electrons. The molecule has 0 saturated carbocycles. The van der Waals surface area contributed by atoms with Crippen LogP contribution in [-0.2, 0) is 0 Å². The summed E-state index contributed by atoms with van der Waals surface area (Å²) in [5.74, 6) is 0. The number of para-hydroxylation sites is 2. The Hall–Kier alpha value is -1.22. The first-order valence-corrected chi connectivity index (χ1v) is 7.05. The average Bonchev–Trinajstić information content (AvgIpc) is 2.45. The maximum Gasteiger partial charge on any atom is 0.0600 e. The molecule has 0 bridgehead atoms. The van der Waals surface area contributed by atoms with Crippen LogP contribution in [0, 0.1) is 0 Å². The van der Waals surface area contributed by atoms with Crippen molar-refractivity contribution in [1.29, 1.82) is 0 Å². The second-order valence-electron chi connectivity index (χ2n) is 3.85. The molecule has 0 aliphatic carbocycles. The van der Waals surface area contributed by atoms with E-state index in [0.29, 0.717) is 0 Å². The number of anilines is 2. The summed E-state index contributed by atoms with van der Waals surface area (Å²) in [5.41, 5.74) is 8.00. The maximum atomic E-state index is 5.93. The minimum atomic E-state index is 0.886. The van der Waals surface area contributed by atoms with Crippen molar-refractivity contribution in [2.75, 3.05) is 43.9 Å². The molecule has 0 aromatic heterocycles. The van der Waals surface area contributed by atoms with E-state index in [9.17, 15) is 0 Å². The number of hydrogen-bond acceptors (Lipinski definition) is 3. The average molecular weight is 251 g/mol. The summed E-state index contributed by atoms with van der Waals surface area (Å²) in [6.45, 7) is 12.4. The quantitative estimate of drug-likeness (QED) is 0.779. The Morgan fingerprint density at radius 2 is 1.39 bits per heavy atom. The van der Waals surface area contributed by atoms with Gasteiger partial charge < -0.3 is 15.5 Å². The van der Waals surface area contributed by atoms with E-state index in [4.69, 9.17) is 5.73 Å². The second kappa shape index (κ2) is 9.77. The Labute approximate surface area is 113 Å². The minimum Gasteiger partial charge on any atom is -0.397 e. The molecule has 1 fully saturated rings. The van der Waals surface area contributed by atoms with Gasteiger partial charge in [-0.15, -0.1) is 0 Å². The Bertz CT molecular complexity index is 304. The fraction of sp³-hybridized carbons (Fsp3) is 0.600. The standard InChI is InChI=1S/C11H17N3.2C2H6/c1-13-6-8-14(9-7-13)11-5-3-2-4-10(11)12;2*1-2/h2-5H,6-9,12H2,1H3;2*1-2H3. The molecule has 1 aliphatic rings. The van der Waals surface area contributed by atoms with Crippen molar-refractivity contribution >= 4 is 11.4 Å². The molecule has 1 heterocycles. The van der Waals surface area contributed by atoms with Crippen molar-refractivity contribution < 1.29 is 0 Å². The summed E-state index contributed by atoms with van der Waals surface area (Å²) in [7, 11) is 2.16. The zero-order valence-corrected chi connectivity index (χ0v) is 12.6. The van der Waals surface area contributed by atoms with Gasteiger partial charge in [0.15, 0.2) is 0 Å². The van der Waals surface area contributed by atoms with E-state index in [1.165, 1.54) is 5.69 Å². The fourth-order valence-corrected chi connectivity index (χ4v) is 1.82. The topological polar surface area (TPSA) is 32.5 Å². The highest BCUT2D eigenvalue weighted by Gasteiger charge is 2.15. The van der Waals surface area contributed by atoms with Crippen molar-refractivity contribution in [2.45, 2.75) is 27.7 Å². The first kappa shape index (κ1) is 16.8. The molecule has 3 heteroatoms. The molecule has 0 atom stereocenters. The van der Waals surface area contributed by atoms with Gasteiger partial charge in [-0.2, -0.15) is 0 Å². The summed E-state index contributed by atoms with van der Waals surface area (Å²) >= 11 is 0. The minimum absolute atomic E-state index is 0.886. The number of nitrogen functional groups attached to an aromatic ring is 1. The van der Waals surface area contributed by atoms with Crippen LogP contribution in [0.3, 0.4) is 0 Å². The molecule has 1 aromatic carbocycles. The van der Waals surface area contributed by atoms with Gasteiger partial charge in [-0.1, -0.05) is 39.8 Å². The van der Waals surface area contributed by atoms with Gasteiger partial charge in [0.25, 0.3) is 0 Å². The van der Waals surface area contributed by atoms with Crippen molar-refractivity contribution in [3.8, 4) is 0 Å². The maximum absolute atomic E-state index is 5.93. The van der Waals surface area contributed by atoms with Crippen LogP contribution in [0.15, 0.2) is 24.3 Å². The number of nitrogens with zero attached hydrogens (tertiary/aromatic N) is 2. The van der Waals surface area contributed by atoms with E-state index in [2.05, 4.69) is 22.9 Å². The summed E-state index contributed by atoms with van der Waals surface area (Å²) < 4.78 is 0. The Balaban J connectivity index is 0.000000659. The van der Waals surface area contributed by atoms with E-state index in [1.807, 2.05) is 45.9 Å². The van der Waals surface area contributed by atoms with E-state index in [-0.39, 0.29) is 0 Å². The van der Waals surface area contributed by atoms with Crippen molar-refractivity contribution in [2.24, 2.45) is 0 Å². The first-order chi connectivity index (χ1) is 8.77. The second-order valence-corrected chi connectivity index (χ2v) is 3.85. The molecule has 0 spiro atoms. The van der Waals surface area contributed by atoms with Gasteiger partial charge in [0.2, 0.25) is 0 Å². The van der Waals surface area contributed by atoms with Gasteiger partial charge in [-0.25, -0.2) is 0 Å². The van der Waals surface area contributed by atoms with Crippen LogP contribution in [0.1, 0.15) is 27.7 Å². The SMILES string of the molecule is CC.CC.CN1CCN(c2ccccc2N)CC1. The van der Waals surface area contributed by atoms with Crippen LogP contribution in [0.4, 0.5) is 11.4 Å². The molecule has 2 N–H and O–H groups in total. The van der Waals surface area contributed by atoms with Crippen LogP contribution >= 0.6 is 0 Å². The third-order valence-electron chi connectivity index (χ3n) is 2.78. The molecule has 2 rings (SSSR count). The van der Waals surface area contributed by atoms with Gasteiger partial charge in [0, 0.05) is 26.2 Å². The molecule has 1 aliphatic heterocycles. The lowest BCUT2D eigenvalue weighted by Crippen LogP contribution is -2.44. The summed E-state index contributed by atoms with van der Waals surface area (Å²) in [6, 6.07) is 8.09. The third-order valence-corrected chi connectivity index (χ3v) is 2.78. The molecular weight excluding hydrogens is 222 g/mol. The lowest BCUT2D eigenvalue weighted by molar-refractivity contribution is 0.313. The Kier molecular flexibility index (Phi) is 9.11. The highest BCUT2D eigenvalue weighted by Crippen LogP contribution is 2.22. The number of hydrogen-bond donors (Lipinski definition) is 1. The zero-order chi connectivity index (χ0) is 14.0. The lowest BCUT2D eigenvalue weighted by atomic mass is 10.2. The van der Waals surface area contributed by atoms with E-state index in [0.717, 1.165) is 31.9 Å². The first-order valence-electron chi connectivity index (χ1n) is 7.05. The molecule has 1 aromatic rings. The van der Waals surface area contributed by atoms with Gasteiger partial charge >= 0.3 is 0 Å². The fourth-order valence-electron chi connectivity index (χ4n) is 1.82. The zero-order valence-electron chi connectivity index (χ0n) is 12.6. The van der Waals surface area contributed by atoms with Crippen LogP contribution in [-0.4, -0.2) is 38.1 Å². The number of piperazine rings is 1. The monoisotopic (exact) mass is 251 g/mol. The van der Waals surface area contributed by atoms with E-state index in [1.54, 1.807) is 0 Å². The van der Waals surface area contributed by atoms with Crippen LogP contribution < -0.4 is 10.6 Å². The van der Waals surface area contributed by atoms with Gasteiger partial charge in [-0.05, 0) is 19.2 Å². The predicted octanol–water partition coefficient (Wildman–Crippen LogP) is 3.07. The highest BCUT2D eigenvalue weighted by atomic mass is 15.2. The number of rotatable bonds is 1. The summed E-state index contributed by atoms with van der Waals surface area (Å²) in [4.78, 5) is 4.70. The van der Waals surface area contributed by atoms with Crippen LogP contribution in [0.25, 0.3) is 0 Å². The molecule has 0 amide bonds. The van der Waals surface area contributed by atoms with Crippen molar-refractivity contribution in [3.63, 3.8) is 0 Å². The van der Waals surface area contributed by atoms with Gasteiger partial charge in [0.1, 0.15) is 0 Å². The molecule has 1 saturated heterocycles. The number of benzene rings is 1. The Morgan fingerprint density at radius 1 is 0.889 bits per heavy atom. The van der Waals surface area contributed by atoms with E-state index < -0.39 is 0 Å². The van der Waals surface area contributed by atoms with Gasteiger partial charge in [0.05, 0.1) is 11.4 Å². The van der Waals surface area contributed by atoms with Crippen LogP contribution in [0.5, 0.6) is 0 Å². The molecule has 0 radical (unpaired) electrons. The number of nitrogens with two attached hydrogens (primary N) is 1. The Morgan fingerprint density at radius 3 is 1.89 bits per heavy atom. The van der Waals surface area contributed by atoms with Crippen LogP contribution in [0.2, 0.25) is 0 Å². The lowest BCUT2D eigenvalue weighted by Gasteiger charge is -2.34. The molecule has 3 nitrogen and oxygen atoms in total. The smallest absolute Gasteiger partial charge is 0.0600 e. The summed E-state index contributed by atoms with van der Waals surface area (Å²) in [5, 5.41) is 0. The van der Waals surface area contributed by atoms with Crippen molar-refractivity contribution in [3.05, 3.63) is 24.3 Å². The summed E-state index contributed by atoms with van der Waals surface area (Å²) in [6.07, 6.45) is 0. The predicted molar refractivity (Wildman–Crippen MR) is 83.3 cm³/mol. The largest absolute Gasteiger partial charge is 0.397 e. The van der Waals surface area contributed by atoms with Gasteiger partial charge in [-0.3, -0.25) is 0 Å². The normalized spacial score (nSPS) is 15.1. The molecule has 0 unspecified atom stereocenters. The molecular formula is C15H29N3. The molecule has 18 heavy (non-hydrogen) atoms. The highest BCUT2D eigenvalue weighted by molar-refractivity contribution is 5.67. The van der Waals surface area contributed by atoms with Crippen molar-refractivity contribution in [1.82, 2.24) is 4.90 Å².